The number of hydrogen-bond donors (Lipinski definition) is 0. The van der Waals surface area contributed by atoms with Crippen LogP contribution in [0.5, 0.6) is 0 Å². The van der Waals surface area contributed by atoms with E-state index in [-0.39, 0.29) is 12.8 Å². The molecule has 1 saturated carbocycles. The van der Waals surface area contributed by atoms with Crippen molar-refractivity contribution in [2.24, 2.45) is 5.41 Å². The Bertz CT molecular complexity index is 804. The van der Waals surface area contributed by atoms with Crippen molar-refractivity contribution in [3.63, 3.8) is 0 Å². The molecule has 0 saturated heterocycles. The molecular formula is C23H22O4. The van der Waals surface area contributed by atoms with Gasteiger partial charge in [-0.05, 0) is 35.1 Å². The van der Waals surface area contributed by atoms with Crippen LogP contribution in [0.1, 0.15) is 24.0 Å². The zero-order chi connectivity index (χ0) is 19.3. The van der Waals surface area contributed by atoms with Crippen LogP contribution < -0.4 is 0 Å². The lowest BCUT2D eigenvalue weighted by atomic mass is 9.85. The molecule has 0 aliphatic heterocycles. The van der Waals surface area contributed by atoms with E-state index in [1.807, 2.05) is 72.8 Å². The van der Waals surface area contributed by atoms with Crippen LogP contribution in [0.25, 0.3) is 12.2 Å². The van der Waals surface area contributed by atoms with E-state index in [0.29, 0.717) is 0 Å². The molecule has 1 aliphatic carbocycles. The molecule has 0 radical (unpaired) electrons. The van der Waals surface area contributed by atoms with E-state index in [9.17, 15) is 9.59 Å². The number of esters is 2. The molecule has 0 amide bonds. The van der Waals surface area contributed by atoms with E-state index in [1.54, 1.807) is 0 Å². The van der Waals surface area contributed by atoms with Crippen molar-refractivity contribution in [2.75, 3.05) is 14.2 Å². The third-order valence-corrected chi connectivity index (χ3v) is 4.83. The zero-order valence-electron chi connectivity index (χ0n) is 15.5. The molecule has 0 heterocycles. The zero-order valence-corrected chi connectivity index (χ0v) is 15.5. The van der Waals surface area contributed by atoms with Gasteiger partial charge in [0.2, 0.25) is 0 Å². The van der Waals surface area contributed by atoms with Crippen LogP contribution in [0.3, 0.4) is 0 Å². The third-order valence-electron chi connectivity index (χ3n) is 4.83. The minimum atomic E-state index is -1.34. The molecule has 0 unspecified atom stereocenters. The standard InChI is InChI=1S/C23H22O4/c1-26-21(24)23(22(25)27-2)15-19(13-17-9-5-3-6-10-17)20(16-23)14-18-11-7-4-8-12-18/h3-14H,15-16H2,1-2H3/b19-13-,20-14+. The summed E-state index contributed by atoms with van der Waals surface area (Å²) < 4.78 is 9.93. The molecule has 0 N–H and O–H groups in total. The smallest absolute Gasteiger partial charge is 0.323 e. The van der Waals surface area contributed by atoms with Gasteiger partial charge >= 0.3 is 11.9 Å². The van der Waals surface area contributed by atoms with Crippen molar-refractivity contribution in [3.05, 3.63) is 82.9 Å². The van der Waals surface area contributed by atoms with Gasteiger partial charge in [-0.25, -0.2) is 0 Å². The number of carbonyl (C=O) groups is 2. The first-order valence-corrected chi connectivity index (χ1v) is 8.77. The van der Waals surface area contributed by atoms with Crippen molar-refractivity contribution >= 4 is 24.1 Å². The summed E-state index contributed by atoms with van der Waals surface area (Å²) in [6.45, 7) is 0. The van der Waals surface area contributed by atoms with Crippen molar-refractivity contribution in [2.45, 2.75) is 12.8 Å². The summed E-state index contributed by atoms with van der Waals surface area (Å²) in [5, 5.41) is 0. The second kappa shape index (κ2) is 8.04. The molecule has 1 fully saturated rings. The highest BCUT2D eigenvalue weighted by molar-refractivity contribution is 6.02. The first kappa shape index (κ1) is 18.6. The second-order valence-electron chi connectivity index (χ2n) is 6.58. The third kappa shape index (κ3) is 3.85. The van der Waals surface area contributed by atoms with Crippen LogP contribution in [-0.4, -0.2) is 26.2 Å². The lowest BCUT2D eigenvalue weighted by Crippen LogP contribution is -2.38. The van der Waals surface area contributed by atoms with Gasteiger partial charge in [0.1, 0.15) is 0 Å². The summed E-state index contributed by atoms with van der Waals surface area (Å²) >= 11 is 0. The second-order valence-corrected chi connectivity index (χ2v) is 6.58. The van der Waals surface area contributed by atoms with Crippen LogP contribution in [0.4, 0.5) is 0 Å². The number of ether oxygens (including phenoxy) is 2. The van der Waals surface area contributed by atoms with E-state index in [2.05, 4.69) is 0 Å². The lowest BCUT2D eigenvalue weighted by Gasteiger charge is -2.21. The molecule has 27 heavy (non-hydrogen) atoms. The summed E-state index contributed by atoms with van der Waals surface area (Å²) in [5.74, 6) is -1.13. The fourth-order valence-electron chi connectivity index (χ4n) is 3.49. The Labute approximate surface area is 159 Å². The van der Waals surface area contributed by atoms with Crippen LogP contribution in [-0.2, 0) is 19.1 Å². The van der Waals surface area contributed by atoms with Crippen LogP contribution in [0.15, 0.2) is 71.8 Å². The van der Waals surface area contributed by atoms with E-state index in [0.717, 1.165) is 22.3 Å². The highest BCUT2D eigenvalue weighted by Crippen LogP contribution is 2.48. The molecule has 2 aromatic rings. The first-order chi connectivity index (χ1) is 13.1. The predicted octanol–water partition coefficient (Wildman–Crippen LogP) is 4.28. The molecule has 0 atom stereocenters. The highest BCUT2D eigenvalue weighted by Gasteiger charge is 2.53. The number of allylic oxidation sites excluding steroid dienone is 2. The van der Waals surface area contributed by atoms with E-state index < -0.39 is 17.4 Å². The Morgan fingerprint density at radius 3 is 1.44 bits per heavy atom. The van der Waals surface area contributed by atoms with Gasteiger partial charge in [0.05, 0.1) is 14.2 Å². The number of benzene rings is 2. The maximum absolute atomic E-state index is 12.6. The molecular weight excluding hydrogens is 340 g/mol. The molecule has 2 aromatic carbocycles. The fourth-order valence-corrected chi connectivity index (χ4v) is 3.49. The average Bonchev–Trinajstić information content (AvgIpc) is 3.07. The molecule has 4 heteroatoms. The Morgan fingerprint density at radius 2 is 1.11 bits per heavy atom. The minimum Gasteiger partial charge on any atom is -0.468 e. The van der Waals surface area contributed by atoms with Crippen molar-refractivity contribution in [1.82, 2.24) is 0 Å². The highest BCUT2D eigenvalue weighted by atomic mass is 16.5. The van der Waals surface area contributed by atoms with Crippen molar-refractivity contribution in [3.8, 4) is 0 Å². The van der Waals surface area contributed by atoms with Gasteiger partial charge < -0.3 is 9.47 Å². The number of rotatable bonds is 4. The summed E-state index contributed by atoms with van der Waals surface area (Å²) in [5.41, 5.74) is 2.54. The molecule has 0 aromatic heterocycles. The van der Waals surface area contributed by atoms with Gasteiger partial charge in [-0.3, -0.25) is 9.59 Å². The van der Waals surface area contributed by atoms with E-state index >= 15 is 0 Å². The molecule has 3 rings (SSSR count). The quantitative estimate of drug-likeness (QED) is 0.602. The molecule has 0 bridgehead atoms. The Hall–Kier alpha value is -3.14. The number of methoxy groups -OCH3 is 2. The summed E-state index contributed by atoms with van der Waals surface area (Å²) in [6.07, 6.45) is 4.53. The Morgan fingerprint density at radius 1 is 0.741 bits per heavy atom. The largest absolute Gasteiger partial charge is 0.468 e. The maximum Gasteiger partial charge on any atom is 0.323 e. The minimum absolute atomic E-state index is 0.250. The first-order valence-electron chi connectivity index (χ1n) is 8.77. The fraction of sp³-hybridized carbons (Fsp3) is 0.217. The monoisotopic (exact) mass is 362 g/mol. The van der Waals surface area contributed by atoms with Crippen molar-refractivity contribution < 1.29 is 19.1 Å². The summed E-state index contributed by atoms with van der Waals surface area (Å²) in [6, 6.07) is 19.7. The normalized spacial score (nSPS) is 18.4. The van der Waals surface area contributed by atoms with E-state index in [4.69, 9.17) is 9.47 Å². The maximum atomic E-state index is 12.6. The van der Waals surface area contributed by atoms with Crippen LogP contribution >= 0.6 is 0 Å². The topological polar surface area (TPSA) is 52.6 Å². The van der Waals surface area contributed by atoms with Gasteiger partial charge in [-0.15, -0.1) is 0 Å². The molecule has 1 aliphatic rings. The van der Waals surface area contributed by atoms with Gasteiger partial charge in [0.15, 0.2) is 5.41 Å². The van der Waals surface area contributed by atoms with Crippen LogP contribution in [0.2, 0.25) is 0 Å². The summed E-state index contributed by atoms with van der Waals surface area (Å²) in [4.78, 5) is 25.1. The van der Waals surface area contributed by atoms with Gasteiger partial charge in [-0.2, -0.15) is 0 Å². The molecule has 0 spiro atoms. The van der Waals surface area contributed by atoms with Gasteiger partial charge in [-0.1, -0.05) is 72.8 Å². The Balaban J connectivity index is 2.10. The number of carbonyl (C=O) groups excluding carboxylic acids is 2. The van der Waals surface area contributed by atoms with Gasteiger partial charge in [0.25, 0.3) is 0 Å². The molecule has 138 valence electrons. The average molecular weight is 362 g/mol. The lowest BCUT2D eigenvalue weighted by molar-refractivity contribution is -0.168. The van der Waals surface area contributed by atoms with Crippen molar-refractivity contribution in [1.29, 1.82) is 0 Å². The number of hydrogen-bond acceptors (Lipinski definition) is 4. The van der Waals surface area contributed by atoms with E-state index in [1.165, 1.54) is 14.2 Å². The van der Waals surface area contributed by atoms with Gasteiger partial charge in [0, 0.05) is 0 Å². The predicted molar refractivity (Wildman–Crippen MR) is 105 cm³/mol. The SMILES string of the molecule is COC(=O)C1(C(=O)OC)CC(=C/c2ccccc2)/C(=C/c2ccccc2)C1. The van der Waals surface area contributed by atoms with Crippen LogP contribution in [0, 0.1) is 5.41 Å². The molecule has 4 nitrogen and oxygen atoms in total. The summed E-state index contributed by atoms with van der Waals surface area (Å²) in [7, 11) is 2.60. The Kier molecular flexibility index (Phi) is 5.55.